The smallest absolute Gasteiger partial charge is 0.235 e. The van der Waals surface area contributed by atoms with Crippen molar-refractivity contribution in [1.29, 1.82) is 0 Å². The zero-order valence-electron chi connectivity index (χ0n) is 9.83. The van der Waals surface area contributed by atoms with Crippen LogP contribution in [0.15, 0.2) is 24.3 Å². The molecule has 92 valence electrons. The zero-order chi connectivity index (χ0) is 12.3. The third-order valence-electron chi connectivity index (χ3n) is 3.33. The van der Waals surface area contributed by atoms with E-state index >= 15 is 0 Å². The molecule has 1 aromatic carbocycles. The summed E-state index contributed by atoms with van der Waals surface area (Å²) in [7, 11) is 1.65. The molecule has 0 saturated heterocycles. The lowest BCUT2D eigenvalue weighted by Crippen LogP contribution is -2.51. The van der Waals surface area contributed by atoms with Gasteiger partial charge in [-0.05, 0) is 25.3 Å². The first-order valence-electron chi connectivity index (χ1n) is 5.72. The van der Waals surface area contributed by atoms with Gasteiger partial charge in [0.25, 0.3) is 0 Å². The molecule has 0 bridgehead atoms. The van der Waals surface area contributed by atoms with Gasteiger partial charge in [0.1, 0.15) is 11.6 Å². The molecule has 17 heavy (non-hydrogen) atoms. The van der Waals surface area contributed by atoms with Crippen molar-refractivity contribution in [2.75, 3.05) is 13.0 Å². The van der Waals surface area contributed by atoms with E-state index < -0.39 is 0 Å². The van der Waals surface area contributed by atoms with E-state index in [2.05, 4.69) is 5.32 Å². The van der Waals surface area contributed by atoms with Crippen LogP contribution in [-0.2, 0) is 10.3 Å². The van der Waals surface area contributed by atoms with Gasteiger partial charge in [-0.3, -0.25) is 4.79 Å². The molecule has 0 aliphatic heterocycles. The number of para-hydroxylation sites is 1. The van der Waals surface area contributed by atoms with Crippen LogP contribution in [0.5, 0.6) is 5.75 Å². The molecule has 1 aliphatic carbocycles. The second-order valence-corrected chi connectivity index (χ2v) is 4.59. The van der Waals surface area contributed by atoms with Gasteiger partial charge in [-0.15, -0.1) is 11.6 Å². The van der Waals surface area contributed by atoms with Crippen LogP contribution < -0.4 is 10.1 Å². The number of halogens is 1. The summed E-state index contributed by atoms with van der Waals surface area (Å²) in [6.45, 7) is 0. The van der Waals surface area contributed by atoms with Crippen LogP contribution in [0.1, 0.15) is 24.8 Å². The van der Waals surface area contributed by atoms with Crippen molar-refractivity contribution in [3.05, 3.63) is 29.8 Å². The van der Waals surface area contributed by atoms with E-state index in [9.17, 15) is 4.79 Å². The number of ether oxygens (including phenoxy) is 1. The van der Waals surface area contributed by atoms with Crippen molar-refractivity contribution in [3.63, 3.8) is 0 Å². The van der Waals surface area contributed by atoms with Crippen LogP contribution in [0.4, 0.5) is 0 Å². The topological polar surface area (TPSA) is 38.3 Å². The van der Waals surface area contributed by atoms with Crippen molar-refractivity contribution < 1.29 is 9.53 Å². The number of methoxy groups -OCH3 is 1. The second-order valence-electron chi connectivity index (χ2n) is 4.32. The Morgan fingerprint density at radius 2 is 2.18 bits per heavy atom. The van der Waals surface area contributed by atoms with Gasteiger partial charge >= 0.3 is 0 Å². The van der Waals surface area contributed by atoms with Gasteiger partial charge in [0, 0.05) is 5.56 Å². The molecule has 0 atom stereocenters. The molecule has 1 fully saturated rings. The number of benzene rings is 1. The molecule has 1 amide bonds. The first-order valence-corrected chi connectivity index (χ1v) is 6.26. The second kappa shape index (κ2) is 4.96. The number of carbonyl (C=O) groups excluding carboxylic acids is 1. The standard InChI is InChI=1S/C13H16ClNO2/c1-17-11-6-3-2-5-10(11)13(7-4-8-13)15-12(16)9-14/h2-3,5-6H,4,7-9H2,1H3,(H,15,16). The predicted molar refractivity (Wildman–Crippen MR) is 67.4 cm³/mol. The first-order chi connectivity index (χ1) is 8.22. The van der Waals surface area contributed by atoms with Crippen molar-refractivity contribution in [2.45, 2.75) is 24.8 Å². The van der Waals surface area contributed by atoms with Gasteiger partial charge in [0.05, 0.1) is 12.6 Å². The lowest BCUT2D eigenvalue weighted by atomic mass is 9.71. The molecule has 0 aromatic heterocycles. The summed E-state index contributed by atoms with van der Waals surface area (Å²) in [5.41, 5.74) is 0.769. The number of nitrogens with one attached hydrogen (secondary N) is 1. The Kier molecular flexibility index (Phi) is 3.57. The summed E-state index contributed by atoms with van der Waals surface area (Å²) in [6, 6.07) is 7.82. The fourth-order valence-corrected chi connectivity index (χ4v) is 2.40. The maximum absolute atomic E-state index is 11.5. The minimum absolute atomic E-state index is 0.00308. The number of hydrogen-bond donors (Lipinski definition) is 1. The molecule has 1 aliphatic rings. The van der Waals surface area contributed by atoms with Gasteiger partial charge in [-0.25, -0.2) is 0 Å². The highest BCUT2D eigenvalue weighted by molar-refractivity contribution is 6.27. The molecular formula is C13H16ClNO2. The zero-order valence-corrected chi connectivity index (χ0v) is 10.6. The van der Waals surface area contributed by atoms with Crippen molar-refractivity contribution in [2.24, 2.45) is 0 Å². The highest BCUT2D eigenvalue weighted by atomic mass is 35.5. The van der Waals surface area contributed by atoms with E-state index in [1.807, 2.05) is 24.3 Å². The Balaban J connectivity index is 2.31. The lowest BCUT2D eigenvalue weighted by molar-refractivity contribution is -0.121. The van der Waals surface area contributed by atoms with Crippen molar-refractivity contribution in [1.82, 2.24) is 5.32 Å². The van der Waals surface area contributed by atoms with Crippen LogP contribution in [0.3, 0.4) is 0 Å². The quantitative estimate of drug-likeness (QED) is 0.837. The minimum Gasteiger partial charge on any atom is -0.496 e. The molecular weight excluding hydrogens is 238 g/mol. The Morgan fingerprint density at radius 3 is 2.71 bits per heavy atom. The molecule has 1 saturated carbocycles. The number of alkyl halides is 1. The lowest BCUT2D eigenvalue weighted by Gasteiger charge is -2.43. The number of rotatable bonds is 4. The fraction of sp³-hybridized carbons (Fsp3) is 0.462. The van der Waals surface area contributed by atoms with Crippen molar-refractivity contribution in [3.8, 4) is 5.75 Å². The number of hydrogen-bond acceptors (Lipinski definition) is 2. The summed E-state index contributed by atoms with van der Waals surface area (Å²) in [6.07, 6.45) is 2.99. The van der Waals surface area contributed by atoms with E-state index in [1.54, 1.807) is 7.11 Å². The summed E-state index contributed by atoms with van der Waals surface area (Å²) in [4.78, 5) is 11.5. The molecule has 1 N–H and O–H groups in total. The van der Waals surface area contributed by atoms with E-state index in [4.69, 9.17) is 16.3 Å². The maximum Gasteiger partial charge on any atom is 0.235 e. The minimum atomic E-state index is -0.279. The average molecular weight is 254 g/mol. The molecule has 4 heteroatoms. The Hall–Kier alpha value is -1.22. The van der Waals surface area contributed by atoms with Crippen LogP contribution in [-0.4, -0.2) is 18.9 Å². The van der Waals surface area contributed by atoms with Gasteiger partial charge in [-0.2, -0.15) is 0 Å². The molecule has 0 spiro atoms. The van der Waals surface area contributed by atoms with Crippen LogP contribution in [0, 0.1) is 0 Å². The van der Waals surface area contributed by atoms with E-state index in [0.29, 0.717) is 0 Å². The normalized spacial score (nSPS) is 17.1. The highest BCUT2D eigenvalue weighted by Gasteiger charge is 2.41. The van der Waals surface area contributed by atoms with E-state index in [0.717, 1.165) is 30.6 Å². The predicted octanol–water partition coefficient (Wildman–Crippen LogP) is 2.43. The van der Waals surface area contributed by atoms with Crippen LogP contribution >= 0.6 is 11.6 Å². The third kappa shape index (κ3) is 2.25. The van der Waals surface area contributed by atoms with Crippen LogP contribution in [0.25, 0.3) is 0 Å². The summed E-state index contributed by atoms with van der Waals surface area (Å²) in [5, 5.41) is 3.02. The summed E-state index contributed by atoms with van der Waals surface area (Å²) >= 11 is 5.56. The molecule has 2 rings (SSSR count). The summed E-state index contributed by atoms with van der Waals surface area (Å²) < 4.78 is 5.36. The van der Waals surface area contributed by atoms with Gasteiger partial charge in [0.2, 0.25) is 5.91 Å². The summed E-state index contributed by atoms with van der Waals surface area (Å²) in [5.74, 6) is 0.691. The third-order valence-corrected chi connectivity index (χ3v) is 3.57. The Morgan fingerprint density at radius 1 is 1.47 bits per heavy atom. The average Bonchev–Trinajstić information content (AvgIpc) is 2.33. The number of amides is 1. The molecule has 0 radical (unpaired) electrons. The fourth-order valence-electron chi connectivity index (χ4n) is 2.33. The largest absolute Gasteiger partial charge is 0.496 e. The number of carbonyl (C=O) groups is 1. The Labute approximate surface area is 106 Å². The molecule has 1 aromatic rings. The van der Waals surface area contributed by atoms with Crippen LogP contribution in [0.2, 0.25) is 0 Å². The Bertz CT molecular complexity index is 416. The molecule has 0 heterocycles. The van der Waals surface area contributed by atoms with Gasteiger partial charge in [0.15, 0.2) is 0 Å². The maximum atomic E-state index is 11.5. The first kappa shape index (κ1) is 12.2. The van der Waals surface area contributed by atoms with Gasteiger partial charge < -0.3 is 10.1 Å². The molecule has 3 nitrogen and oxygen atoms in total. The SMILES string of the molecule is COc1ccccc1C1(NC(=O)CCl)CCC1. The monoisotopic (exact) mass is 253 g/mol. The molecule has 0 unspecified atom stereocenters. The highest BCUT2D eigenvalue weighted by Crippen LogP contribution is 2.44. The van der Waals surface area contributed by atoms with E-state index in [1.165, 1.54) is 0 Å². The van der Waals surface area contributed by atoms with Gasteiger partial charge in [-0.1, -0.05) is 18.2 Å². The van der Waals surface area contributed by atoms with Crippen molar-refractivity contribution >= 4 is 17.5 Å². The van der Waals surface area contributed by atoms with E-state index in [-0.39, 0.29) is 17.3 Å².